The molecule has 2 aliphatic rings. The Labute approximate surface area is 108 Å². The van der Waals surface area contributed by atoms with Crippen LogP contribution in [0.4, 0.5) is 5.82 Å². The van der Waals surface area contributed by atoms with E-state index in [0.717, 1.165) is 19.3 Å². The number of nitrogen functional groups attached to an aromatic ring is 1. The number of carbonyl (C=O) groups excluding carboxylic acids is 1. The SMILES string of the molecule is Nc1nonc1C(=O)N1CC2CCCC2C1C(=O)O. The lowest BCUT2D eigenvalue weighted by Crippen LogP contribution is -2.43. The van der Waals surface area contributed by atoms with Gasteiger partial charge >= 0.3 is 5.97 Å². The van der Waals surface area contributed by atoms with Gasteiger partial charge in [0.2, 0.25) is 11.5 Å². The number of hydrogen-bond acceptors (Lipinski definition) is 6. The highest BCUT2D eigenvalue weighted by Gasteiger charge is 2.50. The number of aromatic nitrogens is 2. The first-order valence-corrected chi connectivity index (χ1v) is 6.21. The molecule has 0 aromatic carbocycles. The average molecular weight is 266 g/mol. The predicted molar refractivity (Wildman–Crippen MR) is 62.0 cm³/mol. The van der Waals surface area contributed by atoms with Gasteiger partial charge in [-0.25, -0.2) is 9.42 Å². The van der Waals surface area contributed by atoms with Gasteiger partial charge in [0.15, 0.2) is 0 Å². The first-order chi connectivity index (χ1) is 9.09. The molecule has 1 saturated carbocycles. The Kier molecular flexibility index (Phi) is 2.65. The van der Waals surface area contributed by atoms with Gasteiger partial charge in [-0.1, -0.05) is 6.42 Å². The maximum absolute atomic E-state index is 12.3. The van der Waals surface area contributed by atoms with E-state index in [4.69, 9.17) is 5.73 Å². The second-order valence-electron chi connectivity index (χ2n) is 5.09. The molecular formula is C11H14N4O4. The summed E-state index contributed by atoms with van der Waals surface area (Å²) in [6, 6.07) is -0.795. The number of carboxylic acids is 1. The van der Waals surface area contributed by atoms with Crippen molar-refractivity contribution < 1.29 is 19.3 Å². The van der Waals surface area contributed by atoms with E-state index in [0.29, 0.717) is 6.54 Å². The van der Waals surface area contributed by atoms with E-state index < -0.39 is 17.9 Å². The molecule has 19 heavy (non-hydrogen) atoms. The van der Waals surface area contributed by atoms with E-state index >= 15 is 0 Å². The van der Waals surface area contributed by atoms with Crippen molar-refractivity contribution in [2.45, 2.75) is 25.3 Å². The summed E-state index contributed by atoms with van der Waals surface area (Å²) in [7, 11) is 0. The fourth-order valence-electron chi connectivity index (χ4n) is 3.31. The highest BCUT2D eigenvalue weighted by Crippen LogP contribution is 2.42. The van der Waals surface area contributed by atoms with Crippen molar-refractivity contribution in [1.29, 1.82) is 0 Å². The Balaban J connectivity index is 1.90. The quantitative estimate of drug-likeness (QED) is 0.770. The van der Waals surface area contributed by atoms with Crippen molar-refractivity contribution in [3.05, 3.63) is 5.69 Å². The van der Waals surface area contributed by atoms with Crippen LogP contribution >= 0.6 is 0 Å². The van der Waals surface area contributed by atoms with Crippen LogP contribution in [0, 0.1) is 11.8 Å². The van der Waals surface area contributed by atoms with Crippen molar-refractivity contribution in [2.24, 2.45) is 11.8 Å². The molecule has 1 amide bonds. The lowest BCUT2D eigenvalue weighted by atomic mass is 9.94. The summed E-state index contributed by atoms with van der Waals surface area (Å²) in [6.45, 7) is 0.437. The van der Waals surface area contributed by atoms with Crippen LogP contribution in [0.3, 0.4) is 0 Å². The number of carboxylic acid groups (broad SMARTS) is 1. The smallest absolute Gasteiger partial charge is 0.326 e. The molecular weight excluding hydrogens is 252 g/mol. The summed E-state index contributed by atoms with van der Waals surface area (Å²) in [4.78, 5) is 25.1. The lowest BCUT2D eigenvalue weighted by Gasteiger charge is -2.23. The van der Waals surface area contributed by atoms with Gasteiger partial charge in [-0.05, 0) is 35.0 Å². The van der Waals surface area contributed by atoms with Gasteiger partial charge in [0.05, 0.1) is 0 Å². The van der Waals surface area contributed by atoms with Crippen molar-refractivity contribution in [3.63, 3.8) is 0 Å². The topological polar surface area (TPSA) is 123 Å². The number of aliphatic carboxylic acids is 1. The minimum Gasteiger partial charge on any atom is -0.480 e. The van der Waals surface area contributed by atoms with E-state index in [-0.39, 0.29) is 23.3 Å². The number of nitrogens with zero attached hydrogens (tertiary/aromatic N) is 3. The molecule has 0 bridgehead atoms. The molecule has 3 unspecified atom stereocenters. The van der Waals surface area contributed by atoms with Crippen molar-refractivity contribution in [1.82, 2.24) is 15.2 Å². The van der Waals surface area contributed by atoms with E-state index in [1.54, 1.807) is 0 Å². The molecule has 8 heteroatoms. The largest absolute Gasteiger partial charge is 0.480 e. The molecule has 1 saturated heterocycles. The fourth-order valence-corrected chi connectivity index (χ4v) is 3.31. The highest BCUT2D eigenvalue weighted by atomic mass is 16.6. The van der Waals surface area contributed by atoms with Crippen LogP contribution < -0.4 is 5.73 Å². The van der Waals surface area contributed by atoms with Crippen molar-refractivity contribution in [2.75, 3.05) is 12.3 Å². The van der Waals surface area contributed by atoms with Crippen LogP contribution in [0.1, 0.15) is 29.8 Å². The number of likely N-dealkylation sites (tertiary alicyclic amines) is 1. The molecule has 3 N–H and O–H groups in total. The Morgan fingerprint density at radius 2 is 2.16 bits per heavy atom. The Morgan fingerprint density at radius 1 is 1.37 bits per heavy atom. The summed E-state index contributed by atoms with van der Waals surface area (Å²) < 4.78 is 4.40. The van der Waals surface area contributed by atoms with E-state index in [9.17, 15) is 14.7 Å². The van der Waals surface area contributed by atoms with Crippen LogP contribution in [-0.4, -0.2) is 44.8 Å². The Bertz CT molecular complexity index is 529. The molecule has 1 aliphatic heterocycles. The maximum Gasteiger partial charge on any atom is 0.326 e. The van der Waals surface area contributed by atoms with E-state index in [1.165, 1.54) is 4.90 Å². The van der Waals surface area contributed by atoms with Gasteiger partial charge in [0.1, 0.15) is 6.04 Å². The van der Waals surface area contributed by atoms with Crippen LogP contribution in [0.25, 0.3) is 0 Å². The molecule has 3 rings (SSSR count). The monoisotopic (exact) mass is 266 g/mol. The zero-order valence-corrected chi connectivity index (χ0v) is 10.2. The standard InChI is InChI=1S/C11H14N4O4/c12-9-7(13-19-14-9)10(16)15-4-5-2-1-3-6(5)8(15)11(17)18/h5-6,8H,1-4H2,(H2,12,14)(H,17,18). The molecule has 1 aromatic heterocycles. The second kappa shape index (κ2) is 4.22. The Hall–Kier alpha value is -2.12. The van der Waals surface area contributed by atoms with Gasteiger partial charge in [-0.2, -0.15) is 0 Å². The van der Waals surface area contributed by atoms with Gasteiger partial charge < -0.3 is 15.7 Å². The predicted octanol–water partition coefficient (Wildman–Crippen LogP) is -0.0229. The molecule has 2 heterocycles. The van der Waals surface area contributed by atoms with Crippen LogP contribution in [-0.2, 0) is 4.79 Å². The number of carbonyl (C=O) groups is 2. The molecule has 0 radical (unpaired) electrons. The van der Waals surface area contributed by atoms with Crippen LogP contribution in [0.15, 0.2) is 4.63 Å². The molecule has 1 aliphatic carbocycles. The van der Waals surface area contributed by atoms with Gasteiger partial charge in [-0.3, -0.25) is 4.79 Å². The highest BCUT2D eigenvalue weighted by molar-refractivity contribution is 5.98. The first kappa shape index (κ1) is 11.9. The molecule has 1 aromatic rings. The number of amides is 1. The zero-order chi connectivity index (χ0) is 13.6. The third kappa shape index (κ3) is 1.74. The summed E-state index contributed by atoms with van der Waals surface area (Å²) >= 11 is 0. The number of rotatable bonds is 2. The maximum atomic E-state index is 12.3. The lowest BCUT2D eigenvalue weighted by molar-refractivity contribution is -0.142. The Morgan fingerprint density at radius 3 is 2.79 bits per heavy atom. The molecule has 3 atom stereocenters. The van der Waals surface area contributed by atoms with Crippen LogP contribution in [0.2, 0.25) is 0 Å². The summed E-state index contributed by atoms with van der Waals surface area (Å²) in [5, 5.41) is 16.2. The zero-order valence-electron chi connectivity index (χ0n) is 10.2. The van der Waals surface area contributed by atoms with Gasteiger partial charge in [0.25, 0.3) is 5.91 Å². The van der Waals surface area contributed by atoms with Crippen LogP contribution in [0.5, 0.6) is 0 Å². The third-order valence-electron chi connectivity index (χ3n) is 4.12. The normalized spacial score (nSPS) is 29.5. The fraction of sp³-hybridized carbons (Fsp3) is 0.636. The molecule has 0 spiro atoms. The molecule has 2 fully saturated rings. The summed E-state index contributed by atoms with van der Waals surface area (Å²) in [5.74, 6) is -1.31. The van der Waals surface area contributed by atoms with Gasteiger partial charge in [0, 0.05) is 6.54 Å². The minimum atomic E-state index is -0.974. The minimum absolute atomic E-state index is 0.0301. The first-order valence-electron chi connectivity index (χ1n) is 6.21. The average Bonchev–Trinajstić information content (AvgIpc) is 3.00. The van der Waals surface area contributed by atoms with Crippen molar-refractivity contribution >= 4 is 17.7 Å². The number of fused-ring (bicyclic) bond motifs is 1. The second-order valence-corrected chi connectivity index (χ2v) is 5.09. The van der Waals surface area contributed by atoms with Gasteiger partial charge in [-0.15, -0.1) is 0 Å². The van der Waals surface area contributed by atoms with Crippen molar-refractivity contribution in [3.8, 4) is 0 Å². The van der Waals surface area contributed by atoms with E-state index in [1.807, 2.05) is 0 Å². The van der Waals surface area contributed by atoms with E-state index in [2.05, 4.69) is 14.9 Å². The summed E-state index contributed by atoms with van der Waals surface area (Å²) in [6.07, 6.45) is 2.83. The molecule has 102 valence electrons. The number of hydrogen-bond donors (Lipinski definition) is 2. The molecule has 8 nitrogen and oxygen atoms in total. The summed E-state index contributed by atoms with van der Waals surface area (Å²) in [5.41, 5.74) is 5.38. The number of anilines is 1. The number of nitrogens with two attached hydrogens (primary N) is 1. The third-order valence-corrected chi connectivity index (χ3v) is 4.12.